The van der Waals surface area contributed by atoms with Crippen LogP contribution in [-0.2, 0) is 32.6 Å². The van der Waals surface area contributed by atoms with Crippen LogP contribution in [0.25, 0.3) is 0 Å². The van der Waals surface area contributed by atoms with Crippen LogP contribution < -0.4 is 9.62 Å². The average molecular weight is 564 g/mol. The van der Waals surface area contributed by atoms with E-state index in [0.717, 1.165) is 28.7 Å². The Morgan fingerprint density at radius 3 is 2.12 bits per heavy atom. The van der Waals surface area contributed by atoms with Crippen molar-refractivity contribution in [3.05, 3.63) is 101 Å². The highest BCUT2D eigenvalue weighted by atomic mass is 32.2. The van der Waals surface area contributed by atoms with E-state index in [9.17, 15) is 18.0 Å². The number of anilines is 1. The molecule has 0 bridgehead atoms. The summed E-state index contributed by atoms with van der Waals surface area (Å²) in [5, 5.41) is 2.99. The molecule has 0 saturated carbocycles. The van der Waals surface area contributed by atoms with E-state index in [-0.39, 0.29) is 31.3 Å². The molecule has 1 atom stereocenters. The van der Waals surface area contributed by atoms with Gasteiger partial charge in [-0.25, -0.2) is 8.42 Å². The van der Waals surface area contributed by atoms with Gasteiger partial charge in [0, 0.05) is 32.5 Å². The maximum absolute atomic E-state index is 13.9. The fourth-order valence-corrected chi connectivity index (χ4v) is 5.74. The van der Waals surface area contributed by atoms with E-state index >= 15 is 0 Å². The van der Waals surface area contributed by atoms with E-state index < -0.39 is 16.1 Å². The summed E-state index contributed by atoms with van der Waals surface area (Å²) in [4.78, 5) is 29.0. The van der Waals surface area contributed by atoms with Crippen molar-refractivity contribution < 1.29 is 18.0 Å². The van der Waals surface area contributed by atoms with Crippen LogP contribution in [0.1, 0.15) is 48.4 Å². The molecule has 3 rings (SSSR count). The van der Waals surface area contributed by atoms with Crippen molar-refractivity contribution in [2.45, 2.75) is 59.0 Å². The molecule has 8 heteroatoms. The molecule has 0 spiro atoms. The van der Waals surface area contributed by atoms with Gasteiger partial charge < -0.3 is 10.2 Å². The van der Waals surface area contributed by atoms with Crippen LogP contribution >= 0.6 is 0 Å². The number of hydrogen-bond acceptors (Lipinski definition) is 4. The highest BCUT2D eigenvalue weighted by molar-refractivity contribution is 7.92. The average Bonchev–Trinajstić information content (AvgIpc) is 2.93. The second kappa shape index (κ2) is 14.7. The standard InChI is InChI=1S/C32H41N3O4S/c1-5-21-33-32(37)30(23-27-16-7-6-8-17-27)34(24-28-18-11-9-14-25(28)2)31(36)20-13-22-35(40(4,38)39)29-19-12-10-15-26(29)3/h6-12,14-19,30H,5,13,20-24H2,1-4H3,(H,33,37)/t30-/m1/s1. The molecule has 3 aromatic carbocycles. The van der Waals surface area contributed by atoms with Gasteiger partial charge >= 0.3 is 0 Å². The lowest BCUT2D eigenvalue weighted by Crippen LogP contribution is -2.50. The van der Waals surface area contributed by atoms with E-state index in [4.69, 9.17) is 0 Å². The number of amides is 2. The zero-order valence-electron chi connectivity index (χ0n) is 24.0. The first-order valence-corrected chi connectivity index (χ1v) is 15.7. The minimum absolute atomic E-state index is 0.107. The van der Waals surface area contributed by atoms with E-state index in [0.29, 0.717) is 25.1 Å². The Morgan fingerprint density at radius 2 is 1.50 bits per heavy atom. The molecular formula is C32H41N3O4S. The van der Waals surface area contributed by atoms with Gasteiger partial charge in [0.15, 0.2) is 0 Å². The van der Waals surface area contributed by atoms with E-state index in [2.05, 4.69) is 5.32 Å². The quantitative estimate of drug-likeness (QED) is 0.299. The van der Waals surface area contributed by atoms with Gasteiger partial charge in [-0.15, -0.1) is 0 Å². The monoisotopic (exact) mass is 563 g/mol. The van der Waals surface area contributed by atoms with Gasteiger partial charge in [0.2, 0.25) is 21.8 Å². The molecule has 0 aromatic heterocycles. The molecule has 1 N–H and O–H groups in total. The second-order valence-electron chi connectivity index (χ2n) is 10.2. The predicted molar refractivity (Wildman–Crippen MR) is 162 cm³/mol. The first-order chi connectivity index (χ1) is 19.1. The fourth-order valence-electron chi connectivity index (χ4n) is 4.72. The van der Waals surface area contributed by atoms with Crippen molar-refractivity contribution in [1.82, 2.24) is 10.2 Å². The second-order valence-corrected chi connectivity index (χ2v) is 12.1. The summed E-state index contributed by atoms with van der Waals surface area (Å²) >= 11 is 0. The molecular weight excluding hydrogens is 522 g/mol. The molecule has 214 valence electrons. The van der Waals surface area contributed by atoms with Gasteiger partial charge in [0.1, 0.15) is 6.04 Å². The molecule has 3 aromatic rings. The number of sulfonamides is 1. The molecule has 40 heavy (non-hydrogen) atoms. The lowest BCUT2D eigenvalue weighted by molar-refractivity contribution is -0.141. The Labute approximate surface area is 239 Å². The predicted octanol–water partition coefficient (Wildman–Crippen LogP) is 5.02. The van der Waals surface area contributed by atoms with Gasteiger partial charge in [-0.3, -0.25) is 13.9 Å². The van der Waals surface area contributed by atoms with Crippen molar-refractivity contribution in [2.24, 2.45) is 0 Å². The Hall–Kier alpha value is -3.65. The van der Waals surface area contributed by atoms with Crippen molar-refractivity contribution in [3.63, 3.8) is 0 Å². The number of aryl methyl sites for hydroxylation is 2. The van der Waals surface area contributed by atoms with Crippen LogP contribution in [0.3, 0.4) is 0 Å². The Kier molecular flexibility index (Phi) is 11.3. The number of nitrogens with one attached hydrogen (secondary N) is 1. The van der Waals surface area contributed by atoms with Crippen LogP contribution in [0.2, 0.25) is 0 Å². The van der Waals surface area contributed by atoms with Gasteiger partial charge in [0.25, 0.3) is 0 Å². The molecule has 0 unspecified atom stereocenters. The SMILES string of the molecule is CCCNC(=O)[C@@H](Cc1ccccc1)N(Cc1ccccc1C)C(=O)CCCN(c1ccccc1C)S(C)(=O)=O. The number of benzene rings is 3. The number of hydrogen-bond donors (Lipinski definition) is 1. The zero-order chi connectivity index (χ0) is 29.1. The van der Waals surface area contributed by atoms with Gasteiger partial charge in [-0.2, -0.15) is 0 Å². The molecule has 0 radical (unpaired) electrons. The molecule has 0 fully saturated rings. The number of nitrogens with zero attached hydrogens (tertiary/aromatic N) is 2. The van der Waals surface area contributed by atoms with Crippen LogP contribution in [0.5, 0.6) is 0 Å². The van der Waals surface area contributed by atoms with Crippen molar-refractivity contribution >= 4 is 27.5 Å². The first-order valence-electron chi connectivity index (χ1n) is 13.8. The van der Waals surface area contributed by atoms with Gasteiger partial charge in [-0.1, -0.05) is 79.7 Å². The minimum atomic E-state index is -3.55. The molecule has 0 heterocycles. The smallest absolute Gasteiger partial charge is 0.243 e. The number of para-hydroxylation sites is 1. The number of rotatable bonds is 14. The molecule has 0 aliphatic heterocycles. The third-order valence-corrected chi connectivity index (χ3v) is 8.14. The highest BCUT2D eigenvalue weighted by Gasteiger charge is 2.30. The van der Waals surface area contributed by atoms with Crippen molar-refractivity contribution in [3.8, 4) is 0 Å². The summed E-state index contributed by atoms with van der Waals surface area (Å²) in [6, 6.07) is 24.2. The normalized spacial score (nSPS) is 12.0. The third kappa shape index (κ3) is 8.68. The topological polar surface area (TPSA) is 86.8 Å². The molecule has 2 amide bonds. The van der Waals surface area contributed by atoms with Crippen LogP contribution in [0.4, 0.5) is 5.69 Å². The van der Waals surface area contributed by atoms with Crippen LogP contribution in [-0.4, -0.2) is 50.5 Å². The van der Waals surface area contributed by atoms with Crippen molar-refractivity contribution in [1.29, 1.82) is 0 Å². The maximum Gasteiger partial charge on any atom is 0.243 e. The Morgan fingerprint density at radius 1 is 0.875 bits per heavy atom. The highest BCUT2D eigenvalue weighted by Crippen LogP contribution is 2.23. The molecule has 0 saturated heterocycles. The van der Waals surface area contributed by atoms with Crippen molar-refractivity contribution in [2.75, 3.05) is 23.7 Å². The summed E-state index contributed by atoms with van der Waals surface area (Å²) in [6.07, 6.45) is 2.78. The van der Waals surface area contributed by atoms with E-state index in [1.807, 2.05) is 87.5 Å². The lowest BCUT2D eigenvalue weighted by Gasteiger charge is -2.32. The van der Waals surface area contributed by atoms with Gasteiger partial charge in [-0.05, 0) is 55.0 Å². The van der Waals surface area contributed by atoms with Crippen LogP contribution in [0.15, 0.2) is 78.9 Å². The molecule has 7 nitrogen and oxygen atoms in total. The first kappa shape index (κ1) is 30.9. The molecule has 0 aliphatic carbocycles. The van der Waals surface area contributed by atoms with Gasteiger partial charge in [0.05, 0.1) is 11.9 Å². The minimum Gasteiger partial charge on any atom is -0.354 e. The van der Waals surface area contributed by atoms with E-state index in [1.165, 1.54) is 10.6 Å². The maximum atomic E-state index is 13.9. The summed E-state index contributed by atoms with van der Waals surface area (Å²) in [6.45, 7) is 6.83. The summed E-state index contributed by atoms with van der Waals surface area (Å²) in [7, 11) is -3.55. The lowest BCUT2D eigenvalue weighted by atomic mass is 10.0. The van der Waals surface area contributed by atoms with E-state index in [1.54, 1.807) is 17.0 Å². The Balaban J connectivity index is 1.89. The molecule has 0 aliphatic rings. The number of carbonyl (C=O) groups excluding carboxylic acids is 2. The zero-order valence-corrected chi connectivity index (χ0v) is 24.8. The summed E-state index contributed by atoms with van der Waals surface area (Å²) < 4.78 is 26.7. The Bertz CT molecular complexity index is 1380. The largest absolute Gasteiger partial charge is 0.354 e. The van der Waals surface area contributed by atoms with Crippen LogP contribution in [0, 0.1) is 13.8 Å². The summed E-state index contributed by atoms with van der Waals surface area (Å²) in [5.41, 5.74) is 4.42. The number of carbonyl (C=O) groups is 2. The fraction of sp³-hybridized carbons (Fsp3) is 0.375. The third-order valence-electron chi connectivity index (χ3n) is 6.96. The summed E-state index contributed by atoms with van der Waals surface area (Å²) in [5.74, 6) is -0.376.